The van der Waals surface area contributed by atoms with Crippen molar-refractivity contribution >= 4 is 5.97 Å². The molecular weight excluding hydrogens is 206 g/mol. The van der Waals surface area contributed by atoms with Gasteiger partial charge < -0.3 is 9.52 Å². The Hall–Kier alpha value is -1.29. The van der Waals surface area contributed by atoms with Crippen molar-refractivity contribution in [2.24, 2.45) is 0 Å². The second-order valence-corrected chi connectivity index (χ2v) is 4.36. The van der Waals surface area contributed by atoms with Gasteiger partial charge in [0.2, 0.25) is 0 Å². The monoisotopic (exact) mass is 223 g/mol. The van der Waals surface area contributed by atoms with Gasteiger partial charge in [0.05, 0.1) is 6.54 Å². The summed E-state index contributed by atoms with van der Waals surface area (Å²) in [7, 11) is 0. The van der Waals surface area contributed by atoms with Crippen LogP contribution in [0.25, 0.3) is 0 Å². The van der Waals surface area contributed by atoms with E-state index >= 15 is 0 Å². The summed E-state index contributed by atoms with van der Waals surface area (Å²) in [5.74, 6) is 1.10. The first kappa shape index (κ1) is 11.2. The van der Waals surface area contributed by atoms with Crippen molar-refractivity contribution in [3.8, 4) is 0 Å². The van der Waals surface area contributed by atoms with Crippen molar-refractivity contribution in [1.29, 1.82) is 0 Å². The molecule has 0 atom stereocenters. The van der Waals surface area contributed by atoms with Crippen LogP contribution in [0.3, 0.4) is 0 Å². The summed E-state index contributed by atoms with van der Waals surface area (Å²) in [5, 5.41) is 8.80. The van der Waals surface area contributed by atoms with Gasteiger partial charge in [-0.05, 0) is 31.9 Å². The maximum absolute atomic E-state index is 10.7. The third kappa shape index (κ3) is 3.10. The molecule has 0 amide bonds. The van der Waals surface area contributed by atoms with Crippen molar-refractivity contribution in [2.75, 3.05) is 13.1 Å². The van der Waals surface area contributed by atoms with E-state index in [2.05, 4.69) is 0 Å². The molecule has 0 spiro atoms. The number of furan rings is 1. The fraction of sp³-hybridized carbons (Fsp3) is 0.583. The lowest BCUT2D eigenvalue weighted by Crippen LogP contribution is -2.33. The summed E-state index contributed by atoms with van der Waals surface area (Å²) >= 11 is 0. The van der Waals surface area contributed by atoms with Crippen LogP contribution in [-0.2, 0) is 11.2 Å². The Kier molecular flexibility index (Phi) is 3.29. The number of carboxylic acid groups (broad SMARTS) is 1. The molecule has 1 aliphatic rings. The van der Waals surface area contributed by atoms with E-state index in [0.717, 1.165) is 37.3 Å². The van der Waals surface area contributed by atoms with Gasteiger partial charge in [-0.1, -0.05) is 0 Å². The summed E-state index contributed by atoms with van der Waals surface area (Å²) in [6.45, 7) is 2.83. The van der Waals surface area contributed by atoms with Gasteiger partial charge in [0.1, 0.15) is 11.5 Å². The SMILES string of the molecule is Cc1ccc(CCN(CC(=O)O)C2CC2)o1. The van der Waals surface area contributed by atoms with Crippen LogP contribution in [0.5, 0.6) is 0 Å². The van der Waals surface area contributed by atoms with Crippen LogP contribution >= 0.6 is 0 Å². The Morgan fingerprint density at radius 1 is 1.56 bits per heavy atom. The molecule has 1 heterocycles. The molecular formula is C12H17NO3. The minimum absolute atomic E-state index is 0.143. The second-order valence-electron chi connectivity index (χ2n) is 4.36. The quantitative estimate of drug-likeness (QED) is 0.797. The van der Waals surface area contributed by atoms with Crippen LogP contribution in [0.15, 0.2) is 16.5 Å². The van der Waals surface area contributed by atoms with Crippen molar-refractivity contribution in [3.63, 3.8) is 0 Å². The molecule has 1 aromatic rings. The molecule has 16 heavy (non-hydrogen) atoms. The summed E-state index contributed by atoms with van der Waals surface area (Å²) < 4.78 is 5.46. The van der Waals surface area contributed by atoms with Crippen LogP contribution in [0.1, 0.15) is 24.4 Å². The molecule has 0 saturated heterocycles. The Balaban J connectivity index is 1.83. The van der Waals surface area contributed by atoms with E-state index in [0.29, 0.717) is 6.04 Å². The molecule has 1 N–H and O–H groups in total. The Morgan fingerprint density at radius 2 is 2.31 bits per heavy atom. The maximum Gasteiger partial charge on any atom is 0.317 e. The third-order valence-corrected chi connectivity index (χ3v) is 2.84. The van der Waals surface area contributed by atoms with Crippen LogP contribution in [0.2, 0.25) is 0 Å². The Bertz CT molecular complexity index is 368. The summed E-state index contributed by atoms with van der Waals surface area (Å²) in [4.78, 5) is 12.7. The van der Waals surface area contributed by atoms with E-state index in [9.17, 15) is 4.79 Å². The molecule has 4 nitrogen and oxygen atoms in total. The minimum Gasteiger partial charge on any atom is -0.480 e. The fourth-order valence-corrected chi connectivity index (χ4v) is 1.88. The maximum atomic E-state index is 10.7. The van der Waals surface area contributed by atoms with Crippen LogP contribution < -0.4 is 0 Å². The van der Waals surface area contributed by atoms with Crippen molar-refractivity contribution in [2.45, 2.75) is 32.2 Å². The molecule has 0 aromatic carbocycles. The lowest BCUT2D eigenvalue weighted by Gasteiger charge is -2.18. The number of aryl methyl sites for hydroxylation is 1. The number of carbonyl (C=O) groups is 1. The molecule has 1 aromatic heterocycles. The highest BCUT2D eigenvalue weighted by atomic mass is 16.4. The topological polar surface area (TPSA) is 53.7 Å². The van der Waals surface area contributed by atoms with Crippen molar-refractivity contribution in [3.05, 3.63) is 23.7 Å². The zero-order valence-corrected chi connectivity index (χ0v) is 9.48. The van der Waals surface area contributed by atoms with E-state index in [1.54, 1.807) is 0 Å². The zero-order valence-electron chi connectivity index (χ0n) is 9.48. The molecule has 2 rings (SSSR count). The van der Waals surface area contributed by atoms with Gasteiger partial charge in [0.25, 0.3) is 0 Å². The summed E-state index contributed by atoms with van der Waals surface area (Å²) in [5.41, 5.74) is 0. The molecule has 0 bridgehead atoms. The molecule has 4 heteroatoms. The molecule has 0 aliphatic heterocycles. The van der Waals surface area contributed by atoms with Crippen molar-refractivity contribution in [1.82, 2.24) is 4.90 Å². The number of carboxylic acids is 1. The molecule has 1 fully saturated rings. The smallest absolute Gasteiger partial charge is 0.317 e. The summed E-state index contributed by atoms with van der Waals surface area (Å²) in [6, 6.07) is 4.38. The van der Waals surface area contributed by atoms with E-state index in [1.165, 1.54) is 0 Å². The van der Waals surface area contributed by atoms with Crippen LogP contribution in [0, 0.1) is 6.92 Å². The highest BCUT2D eigenvalue weighted by Crippen LogP contribution is 2.26. The van der Waals surface area contributed by atoms with Crippen LogP contribution in [-0.4, -0.2) is 35.1 Å². The van der Waals surface area contributed by atoms with Gasteiger partial charge in [0.15, 0.2) is 0 Å². The van der Waals surface area contributed by atoms with Gasteiger partial charge >= 0.3 is 5.97 Å². The van der Waals surface area contributed by atoms with E-state index in [-0.39, 0.29) is 6.54 Å². The number of aliphatic carboxylic acids is 1. The first-order valence-corrected chi connectivity index (χ1v) is 5.66. The normalized spacial score (nSPS) is 15.6. The second kappa shape index (κ2) is 4.70. The number of hydrogen-bond acceptors (Lipinski definition) is 3. The van der Waals surface area contributed by atoms with Gasteiger partial charge in [-0.25, -0.2) is 0 Å². The van der Waals surface area contributed by atoms with E-state index < -0.39 is 5.97 Å². The van der Waals surface area contributed by atoms with E-state index in [4.69, 9.17) is 9.52 Å². The fourth-order valence-electron chi connectivity index (χ4n) is 1.88. The molecule has 1 saturated carbocycles. The average Bonchev–Trinajstić information content (AvgIpc) is 2.97. The highest BCUT2D eigenvalue weighted by molar-refractivity contribution is 5.69. The first-order chi connectivity index (χ1) is 7.65. The molecule has 0 unspecified atom stereocenters. The van der Waals surface area contributed by atoms with Gasteiger partial charge in [-0.15, -0.1) is 0 Å². The van der Waals surface area contributed by atoms with Crippen molar-refractivity contribution < 1.29 is 14.3 Å². The number of rotatable bonds is 6. The highest BCUT2D eigenvalue weighted by Gasteiger charge is 2.29. The van der Waals surface area contributed by atoms with Gasteiger partial charge in [0, 0.05) is 19.0 Å². The van der Waals surface area contributed by atoms with E-state index in [1.807, 2.05) is 24.0 Å². The molecule has 1 aliphatic carbocycles. The lowest BCUT2D eigenvalue weighted by atomic mass is 10.3. The minimum atomic E-state index is -0.748. The predicted molar refractivity (Wildman–Crippen MR) is 59.4 cm³/mol. The van der Waals surface area contributed by atoms with Gasteiger partial charge in [-0.2, -0.15) is 0 Å². The zero-order chi connectivity index (χ0) is 11.5. The summed E-state index contributed by atoms with van der Waals surface area (Å²) in [6.07, 6.45) is 3.05. The third-order valence-electron chi connectivity index (χ3n) is 2.84. The number of hydrogen-bond donors (Lipinski definition) is 1. The lowest BCUT2D eigenvalue weighted by molar-refractivity contribution is -0.138. The first-order valence-electron chi connectivity index (χ1n) is 5.66. The standard InChI is InChI=1S/C12H17NO3/c1-9-2-5-11(16-9)6-7-13(8-12(14)15)10-3-4-10/h2,5,10H,3-4,6-8H2,1H3,(H,14,15). The number of nitrogens with zero attached hydrogens (tertiary/aromatic N) is 1. The van der Waals surface area contributed by atoms with Crippen LogP contribution in [0.4, 0.5) is 0 Å². The molecule has 88 valence electrons. The Morgan fingerprint density at radius 3 is 2.81 bits per heavy atom. The predicted octanol–water partition coefficient (Wildman–Crippen LogP) is 1.68. The average molecular weight is 223 g/mol. The Labute approximate surface area is 94.9 Å². The van der Waals surface area contributed by atoms with Gasteiger partial charge in [-0.3, -0.25) is 9.69 Å². The largest absolute Gasteiger partial charge is 0.480 e. The molecule has 0 radical (unpaired) electrons.